The summed E-state index contributed by atoms with van der Waals surface area (Å²) in [5.74, 6) is 8.25. The van der Waals surface area contributed by atoms with Crippen LogP contribution >= 0.6 is 11.3 Å². The molecule has 352 valence electrons. The van der Waals surface area contributed by atoms with E-state index in [-0.39, 0.29) is 57.6 Å². The van der Waals surface area contributed by atoms with Gasteiger partial charge in [-0.1, -0.05) is 106 Å². The maximum Gasteiger partial charge on any atom is 0.348 e. The average molecular weight is 943 g/mol. The summed E-state index contributed by atoms with van der Waals surface area (Å²) in [5, 5.41) is 21.7. The Hall–Kier alpha value is -7.68. The van der Waals surface area contributed by atoms with Crippen LogP contribution in [-0.4, -0.2) is 69.0 Å². The van der Waals surface area contributed by atoms with Crippen molar-refractivity contribution in [3.05, 3.63) is 163 Å². The molecule has 8 aromatic rings. The Bertz CT molecular complexity index is 3230. The largest absolute Gasteiger partial charge is 0.491 e. The van der Waals surface area contributed by atoms with Gasteiger partial charge in [-0.15, -0.1) is 24.2 Å². The first-order valence-electron chi connectivity index (χ1n) is 22.6. The zero-order valence-corrected chi connectivity index (χ0v) is 39.9. The number of aromatic nitrogens is 4. The van der Waals surface area contributed by atoms with Gasteiger partial charge in [0, 0.05) is 27.5 Å². The monoisotopic (exact) mass is 942 g/mol. The zero-order chi connectivity index (χ0) is 48.9. The molecule has 0 saturated carbocycles. The number of para-hydroxylation sites is 1. The number of aliphatic hydroxyl groups is 2. The van der Waals surface area contributed by atoms with E-state index in [0.29, 0.717) is 52.8 Å². The molecule has 3 heterocycles. The number of ether oxygens (including phenoxy) is 4. The molecular formula is C56H54N4O8S. The number of rotatable bonds is 18. The highest BCUT2D eigenvalue weighted by Crippen LogP contribution is 2.33. The van der Waals surface area contributed by atoms with Crippen molar-refractivity contribution in [2.45, 2.75) is 52.6 Å². The maximum absolute atomic E-state index is 13.3. The predicted octanol–water partition coefficient (Wildman–Crippen LogP) is 9.30. The lowest BCUT2D eigenvalue weighted by molar-refractivity contribution is 0.200. The predicted molar refractivity (Wildman–Crippen MR) is 274 cm³/mol. The van der Waals surface area contributed by atoms with Crippen LogP contribution in [0.2, 0.25) is 0 Å². The number of benzene rings is 5. The first-order valence-corrected chi connectivity index (χ1v) is 23.4. The van der Waals surface area contributed by atoms with Gasteiger partial charge >= 0.3 is 11.4 Å². The van der Waals surface area contributed by atoms with Gasteiger partial charge in [0.05, 0.1) is 53.6 Å². The van der Waals surface area contributed by atoms with Crippen LogP contribution in [0.4, 0.5) is 0 Å². The molecular weight excluding hydrogens is 889 g/mol. The van der Waals surface area contributed by atoms with E-state index < -0.39 is 0 Å². The van der Waals surface area contributed by atoms with Crippen molar-refractivity contribution in [1.82, 2.24) is 19.1 Å². The highest BCUT2D eigenvalue weighted by Gasteiger charge is 2.18. The average Bonchev–Trinajstić information content (AvgIpc) is 3.82. The molecule has 8 rings (SSSR count). The highest BCUT2D eigenvalue weighted by molar-refractivity contribution is 7.10. The van der Waals surface area contributed by atoms with Gasteiger partial charge in [0.1, 0.15) is 49.4 Å². The summed E-state index contributed by atoms with van der Waals surface area (Å²) < 4.78 is 25.9. The molecule has 0 unspecified atom stereocenters. The van der Waals surface area contributed by atoms with E-state index >= 15 is 0 Å². The number of thiophene rings is 1. The van der Waals surface area contributed by atoms with Crippen molar-refractivity contribution in [2.75, 3.05) is 39.6 Å². The summed E-state index contributed by atoms with van der Waals surface area (Å²) in [6, 6.07) is 36.6. The van der Waals surface area contributed by atoms with E-state index in [9.17, 15) is 9.59 Å². The second-order valence-electron chi connectivity index (χ2n) is 16.5. The summed E-state index contributed by atoms with van der Waals surface area (Å²) in [6.45, 7) is 9.62. The zero-order valence-electron chi connectivity index (χ0n) is 39.1. The molecule has 0 aliphatic heterocycles. The van der Waals surface area contributed by atoms with Crippen LogP contribution in [0.5, 0.6) is 23.0 Å². The molecule has 0 saturated heterocycles. The second kappa shape index (κ2) is 23.4. The van der Waals surface area contributed by atoms with Crippen molar-refractivity contribution >= 4 is 33.1 Å². The van der Waals surface area contributed by atoms with Crippen LogP contribution in [0.15, 0.2) is 130 Å². The Morgan fingerprint density at radius 3 is 1.55 bits per heavy atom. The number of aliphatic hydroxyl groups excluding tert-OH is 2. The summed E-state index contributed by atoms with van der Waals surface area (Å²) in [7, 11) is 0. The summed E-state index contributed by atoms with van der Waals surface area (Å²) in [5.41, 5.74) is 6.87. The third-order valence-corrected chi connectivity index (χ3v) is 12.1. The maximum atomic E-state index is 13.3. The van der Waals surface area contributed by atoms with E-state index in [4.69, 9.17) is 42.0 Å². The number of hydrogen-bond acceptors (Lipinski definition) is 11. The van der Waals surface area contributed by atoms with Crippen LogP contribution in [0, 0.1) is 24.7 Å². The second-order valence-corrected chi connectivity index (χ2v) is 17.5. The molecule has 13 heteroatoms. The van der Waals surface area contributed by atoms with E-state index in [1.54, 1.807) is 21.3 Å². The SMILES string of the molecule is C#CCOc1ccc2c(c1)c(-c1ccc(C(C)C)cc1)nc(=O)n2Cc1ccccc1OCCO.C#CCOc1ccc2c(c1)c(-c1ccc(C(C)C)cc1)nc(=O)n2Cc1sccc1OCCO. The summed E-state index contributed by atoms with van der Waals surface area (Å²) in [6.07, 6.45) is 10.7. The minimum Gasteiger partial charge on any atom is -0.491 e. The van der Waals surface area contributed by atoms with Gasteiger partial charge in [-0.05, 0) is 76.9 Å². The first-order chi connectivity index (χ1) is 33.5. The smallest absolute Gasteiger partial charge is 0.348 e. The van der Waals surface area contributed by atoms with E-state index in [0.717, 1.165) is 43.4 Å². The molecule has 0 radical (unpaired) electrons. The van der Waals surface area contributed by atoms with E-state index in [1.165, 1.54) is 22.5 Å². The topological polar surface area (TPSA) is 147 Å². The van der Waals surface area contributed by atoms with Gasteiger partial charge in [0.15, 0.2) is 0 Å². The molecule has 12 nitrogen and oxygen atoms in total. The molecule has 0 amide bonds. The Morgan fingerprint density at radius 1 is 0.594 bits per heavy atom. The molecule has 0 aliphatic carbocycles. The third kappa shape index (κ3) is 11.9. The third-order valence-electron chi connectivity index (χ3n) is 11.3. The lowest BCUT2D eigenvalue weighted by Gasteiger charge is -2.16. The fourth-order valence-corrected chi connectivity index (χ4v) is 8.52. The van der Waals surface area contributed by atoms with Gasteiger partial charge in [-0.25, -0.2) is 9.59 Å². The minimum atomic E-state index is -0.366. The minimum absolute atomic E-state index is 0.0789. The Morgan fingerprint density at radius 2 is 1.07 bits per heavy atom. The summed E-state index contributed by atoms with van der Waals surface area (Å²) in [4.78, 5) is 36.4. The van der Waals surface area contributed by atoms with Gasteiger partial charge < -0.3 is 29.2 Å². The van der Waals surface area contributed by atoms with Gasteiger partial charge in [-0.2, -0.15) is 9.97 Å². The summed E-state index contributed by atoms with van der Waals surface area (Å²) >= 11 is 1.49. The molecule has 5 aromatic carbocycles. The van der Waals surface area contributed by atoms with Gasteiger partial charge in [0.2, 0.25) is 0 Å². The van der Waals surface area contributed by atoms with Crippen LogP contribution in [0.3, 0.4) is 0 Å². The van der Waals surface area contributed by atoms with Crippen molar-refractivity contribution in [1.29, 1.82) is 0 Å². The van der Waals surface area contributed by atoms with E-state index in [1.807, 2.05) is 84.2 Å². The lowest BCUT2D eigenvalue weighted by atomic mass is 9.99. The van der Waals surface area contributed by atoms with Crippen LogP contribution < -0.4 is 30.3 Å². The van der Waals surface area contributed by atoms with Crippen molar-refractivity contribution in [3.8, 4) is 70.2 Å². The van der Waals surface area contributed by atoms with Crippen molar-refractivity contribution < 1.29 is 29.2 Å². The van der Waals surface area contributed by atoms with Crippen LogP contribution in [0.1, 0.15) is 61.1 Å². The Balaban J connectivity index is 0.000000204. The molecule has 3 aromatic heterocycles. The number of hydrogen-bond donors (Lipinski definition) is 2. The number of nitrogens with zero attached hydrogens (tertiary/aromatic N) is 4. The fraction of sp³-hybridized carbons (Fsp3) is 0.250. The molecule has 0 fully saturated rings. The Labute approximate surface area is 405 Å². The molecule has 69 heavy (non-hydrogen) atoms. The van der Waals surface area contributed by atoms with Crippen molar-refractivity contribution in [2.24, 2.45) is 0 Å². The normalized spacial score (nSPS) is 11.0. The van der Waals surface area contributed by atoms with Crippen LogP contribution in [0.25, 0.3) is 44.3 Å². The Kier molecular flexibility index (Phi) is 16.7. The first kappa shape index (κ1) is 49.2. The molecule has 2 N–H and O–H groups in total. The molecule has 0 bridgehead atoms. The molecule has 0 atom stereocenters. The number of terminal acetylenes is 2. The van der Waals surface area contributed by atoms with E-state index in [2.05, 4.69) is 73.8 Å². The molecule has 0 spiro atoms. The number of fused-ring (bicyclic) bond motifs is 2. The quantitative estimate of drug-likeness (QED) is 0.0798. The van der Waals surface area contributed by atoms with Gasteiger partial charge in [-0.3, -0.25) is 9.13 Å². The standard InChI is InChI=1S/C29H28N2O4.C27H26N2O4S/c1-4-16-34-24-13-14-26-25(18-24)28(22-11-9-21(10-12-22)20(2)3)30-29(33)31(26)19-23-7-5-6-8-27(23)35-17-15-32;1-4-13-32-21-9-10-23-22(16-21)26(20-7-5-19(6-8-20)18(2)3)28-27(31)29(23)17-25-24(11-15-34-25)33-14-12-30/h1,5-14,18,20,32H,15-17,19H2,2-3H3;1,5-11,15-16,18,30H,12-14,17H2,2-3H3. The van der Waals surface area contributed by atoms with Crippen LogP contribution in [-0.2, 0) is 13.1 Å². The van der Waals surface area contributed by atoms with Gasteiger partial charge in [0.25, 0.3) is 0 Å². The fourth-order valence-electron chi connectivity index (χ4n) is 7.72. The lowest BCUT2D eigenvalue weighted by Crippen LogP contribution is -2.25. The van der Waals surface area contributed by atoms with Crippen molar-refractivity contribution in [3.63, 3.8) is 0 Å². The highest BCUT2D eigenvalue weighted by atomic mass is 32.1. The molecule has 0 aliphatic rings.